The minimum atomic E-state index is -1.08. The van der Waals surface area contributed by atoms with E-state index in [9.17, 15) is 24.0 Å². The molecule has 5 amide bonds. The number of aryl methyl sites for hydroxylation is 1. The molecule has 3 aliphatic heterocycles. The number of fused-ring (bicyclic) bond motifs is 6. The number of esters is 1. The highest BCUT2D eigenvalue weighted by molar-refractivity contribution is 7.10. The third-order valence-corrected chi connectivity index (χ3v) is 14.0. The smallest absolute Gasteiger partial charge is 0.324 e. The summed E-state index contributed by atoms with van der Waals surface area (Å²) >= 11 is 1.41. The summed E-state index contributed by atoms with van der Waals surface area (Å²) in [7, 11) is 6.97. The normalized spacial score (nSPS) is 20.1. The van der Waals surface area contributed by atoms with Crippen molar-refractivity contribution in [3.05, 3.63) is 58.2 Å². The highest BCUT2D eigenvalue weighted by Crippen LogP contribution is 2.42. The van der Waals surface area contributed by atoms with Gasteiger partial charge in [-0.2, -0.15) is 0 Å². The van der Waals surface area contributed by atoms with Gasteiger partial charge in [-0.1, -0.05) is 33.8 Å². The summed E-state index contributed by atoms with van der Waals surface area (Å²) in [5.74, 6) is -1.67. The molecule has 67 heavy (non-hydrogen) atoms. The average molecular weight is 941 g/mol. The topological polar surface area (TPSA) is 175 Å². The van der Waals surface area contributed by atoms with Crippen LogP contribution in [0.25, 0.3) is 33.4 Å². The molecule has 3 aliphatic rings. The standard InChI is InChI=1S/C49H68N10O7S/c1-11-58-39-17-16-32-24-34(39)35(44(58)33-14-12-18-50-42(33)31(4)65-10)26-49(5,6)29-66-47(63)36-15-13-19-59(53-36)46(62)37(25-40-51-38(32)28-67-40)52-45(61)43(30(2)3)55(9)48(64)57-22-20-56(21-23-57)41(60)27-54(7)8/h12,14,16-18,24,28,30-31,36-37,43,53H,11,13,15,19-23,25-27,29H2,1-10H3,(H,52,61)/t31-,36-,37-,43?/m0/s1. The van der Waals surface area contributed by atoms with Gasteiger partial charge in [0.15, 0.2) is 0 Å². The zero-order valence-electron chi connectivity index (χ0n) is 40.8. The van der Waals surface area contributed by atoms with Crippen molar-refractivity contribution in [3.63, 3.8) is 0 Å². The van der Waals surface area contributed by atoms with Gasteiger partial charge in [0, 0.05) is 98.9 Å². The number of hydrogen-bond donors (Lipinski definition) is 2. The Labute approximate surface area is 398 Å². The molecule has 2 fully saturated rings. The van der Waals surface area contributed by atoms with Crippen molar-refractivity contribution in [2.24, 2.45) is 11.3 Å². The summed E-state index contributed by atoms with van der Waals surface area (Å²) in [5, 5.41) is 8.12. The summed E-state index contributed by atoms with van der Waals surface area (Å²) < 4.78 is 14.2. The monoisotopic (exact) mass is 940 g/mol. The van der Waals surface area contributed by atoms with E-state index < -0.39 is 41.3 Å². The maximum Gasteiger partial charge on any atom is 0.324 e. The number of likely N-dealkylation sites (N-methyl/N-ethyl adjacent to an activating group) is 2. The second-order valence-electron chi connectivity index (χ2n) is 19.5. The Morgan fingerprint density at radius 1 is 1.04 bits per heavy atom. The molecule has 6 heterocycles. The van der Waals surface area contributed by atoms with Crippen LogP contribution in [-0.2, 0) is 48.0 Å². The van der Waals surface area contributed by atoms with Gasteiger partial charge in [0.05, 0.1) is 41.3 Å². The molecule has 3 aromatic heterocycles. The number of cyclic esters (lactones) is 1. The van der Waals surface area contributed by atoms with Crippen LogP contribution in [0.5, 0.6) is 0 Å². The number of carbonyl (C=O) groups is 5. The zero-order valence-corrected chi connectivity index (χ0v) is 41.6. The van der Waals surface area contributed by atoms with Crippen LogP contribution >= 0.6 is 11.3 Å². The molecule has 17 nitrogen and oxygen atoms in total. The fraction of sp³-hybridized carbons (Fsp3) is 0.571. The lowest BCUT2D eigenvalue weighted by atomic mass is 9.84. The number of hydrogen-bond acceptors (Lipinski definition) is 12. The number of thiazole rings is 1. The van der Waals surface area contributed by atoms with Crippen LogP contribution in [0, 0.1) is 11.3 Å². The summed E-state index contributed by atoms with van der Waals surface area (Å²) in [6.45, 7) is 14.9. The third-order valence-electron chi connectivity index (χ3n) is 13.1. The van der Waals surface area contributed by atoms with Crippen LogP contribution in [0.3, 0.4) is 0 Å². The van der Waals surface area contributed by atoms with E-state index in [0.717, 1.165) is 44.7 Å². The maximum absolute atomic E-state index is 14.7. The van der Waals surface area contributed by atoms with E-state index in [1.54, 1.807) is 30.2 Å². The van der Waals surface area contributed by atoms with Gasteiger partial charge in [0.2, 0.25) is 11.8 Å². The molecule has 1 unspecified atom stereocenters. The molecule has 2 saturated heterocycles. The lowest BCUT2D eigenvalue weighted by Gasteiger charge is -2.40. The molecule has 1 aromatic carbocycles. The molecular weight excluding hydrogens is 873 g/mol. The molecule has 6 bridgehead atoms. The number of amides is 5. The highest BCUT2D eigenvalue weighted by atomic mass is 32.1. The average Bonchev–Trinajstić information content (AvgIpc) is 3.90. The second-order valence-corrected chi connectivity index (χ2v) is 20.4. The second kappa shape index (κ2) is 20.8. The number of aromatic nitrogens is 3. The zero-order chi connectivity index (χ0) is 48.3. The molecule has 0 saturated carbocycles. The summed E-state index contributed by atoms with van der Waals surface area (Å²) in [6, 6.07) is 7.29. The van der Waals surface area contributed by atoms with Gasteiger partial charge in [0.25, 0.3) is 5.91 Å². The number of piperazine rings is 1. The minimum absolute atomic E-state index is 0.00141. The molecule has 4 atom stereocenters. The Morgan fingerprint density at radius 2 is 1.78 bits per heavy atom. The molecule has 362 valence electrons. The lowest BCUT2D eigenvalue weighted by molar-refractivity contribution is -0.155. The van der Waals surface area contributed by atoms with Crippen LogP contribution in [-0.4, -0.2) is 161 Å². The first-order valence-electron chi connectivity index (χ1n) is 23.5. The van der Waals surface area contributed by atoms with E-state index in [4.69, 9.17) is 19.4 Å². The van der Waals surface area contributed by atoms with E-state index in [1.165, 1.54) is 21.2 Å². The van der Waals surface area contributed by atoms with Crippen molar-refractivity contribution in [1.29, 1.82) is 0 Å². The van der Waals surface area contributed by atoms with E-state index in [1.807, 2.05) is 51.2 Å². The number of hydrazine groups is 1. The molecular formula is C49H68N10O7S. The Balaban J connectivity index is 1.23. The Kier molecular flexibility index (Phi) is 15.4. The lowest BCUT2D eigenvalue weighted by Crippen LogP contribution is -2.63. The van der Waals surface area contributed by atoms with Gasteiger partial charge in [-0.05, 0) is 83.0 Å². The number of urea groups is 1. The van der Waals surface area contributed by atoms with Gasteiger partial charge in [-0.3, -0.25) is 29.2 Å². The fourth-order valence-electron chi connectivity index (χ4n) is 9.61. The van der Waals surface area contributed by atoms with Crippen molar-refractivity contribution in [1.82, 2.24) is 49.9 Å². The Hall–Kier alpha value is -5.43. The van der Waals surface area contributed by atoms with Gasteiger partial charge in [-0.15, -0.1) is 11.3 Å². The van der Waals surface area contributed by atoms with Crippen molar-refractivity contribution in [2.45, 2.75) is 98.0 Å². The molecule has 18 heteroatoms. The maximum atomic E-state index is 14.7. The van der Waals surface area contributed by atoms with Crippen LogP contribution in [0.15, 0.2) is 41.9 Å². The van der Waals surface area contributed by atoms with E-state index >= 15 is 0 Å². The molecule has 7 rings (SSSR count). The van der Waals surface area contributed by atoms with Gasteiger partial charge in [-0.25, -0.2) is 15.2 Å². The predicted octanol–water partition coefficient (Wildman–Crippen LogP) is 4.98. The molecule has 2 N–H and O–H groups in total. The van der Waals surface area contributed by atoms with Gasteiger partial charge in [0.1, 0.15) is 18.1 Å². The molecule has 0 radical (unpaired) electrons. The van der Waals surface area contributed by atoms with Gasteiger partial charge < -0.3 is 39.0 Å². The Morgan fingerprint density at radius 3 is 2.46 bits per heavy atom. The quantitative estimate of drug-likeness (QED) is 0.205. The number of carbonyl (C=O) groups excluding carboxylic acids is 5. The third kappa shape index (κ3) is 10.8. The minimum Gasteiger partial charge on any atom is -0.464 e. The first-order chi connectivity index (χ1) is 31.9. The molecule has 0 spiro atoms. The van der Waals surface area contributed by atoms with Crippen molar-refractivity contribution in [2.75, 3.05) is 74.1 Å². The number of benzene rings is 1. The first-order valence-corrected chi connectivity index (χ1v) is 24.4. The van der Waals surface area contributed by atoms with E-state index in [2.05, 4.69) is 60.3 Å². The summed E-state index contributed by atoms with van der Waals surface area (Å²) in [5.41, 5.74) is 9.27. The molecule has 0 aliphatic carbocycles. The van der Waals surface area contributed by atoms with Crippen LogP contribution in [0.2, 0.25) is 0 Å². The highest BCUT2D eigenvalue weighted by Gasteiger charge is 2.39. The van der Waals surface area contributed by atoms with Crippen LogP contribution in [0.1, 0.15) is 76.8 Å². The first kappa shape index (κ1) is 49.5. The molecule has 4 aromatic rings. The van der Waals surface area contributed by atoms with E-state index in [0.29, 0.717) is 63.5 Å². The van der Waals surface area contributed by atoms with Crippen molar-refractivity contribution >= 4 is 52.0 Å². The fourth-order valence-corrected chi connectivity index (χ4v) is 10.5. The van der Waals surface area contributed by atoms with Gasteiger partial charge >= 0.3 is 12.0 Å². The number of ether oxygens (including phenoxy) is 2. The SMILES string of the molecule is CCn1c(-c2cccnc2[C@H](C)OC)c2c3cc(ccc31)-c1csc(n1)C[C@H](NC(=O)C(C(C)C)N(C)C(=O)N1CCN(C(=O)CN(C)C)CC1)C(=O)N1CCC[C@H](N1)C(=O)OCC(C)(C)C2. The van der Waals surface area contributed by atoms with Crippen LogP contribution < -0.4 is 10.7 Å². The Bertz CT molecular complexity index is 2460. The van der Waals surface area contributed by atoms with E-state index in [-0.39, 0.29) is 43.5 Å². The number of rotatable bonds is 10. The van der Waals surface area contributed by atoms with Crippen molar-refractivity contribution in [3.8, 4) is 22.5 Å². The number of methoxy groups -OCH3 is 1. The summed E-state index contributed by atoms with van der Waals surface area (Å²) in [4.78, 5) is 86.3. The number of nitrogens with one attached hydrogen (secondary N) is 2. The number of nitrogens with zero attached hydrogens (tertiary/aromatic N) is 8. The largest absolute Gasteiger partial charge is 0.464 e. The van der Waals surface area contributed by atoms with Crippen LogP contribution in [0.4, 0.5) is 4.79 Å². The van der Waals surface area contributed by atoms with Crippen molar-refractivity contribution < 1.29 is 33.4 Å². The number of pyridine rings is 1. The summed E-state index contributed by atoms with van der Waals surface area (Å²) in [6.07, 6.45) is 3.19. The predicted molar refractivity (Wildman–Crippen MR) is 258 cm³/mol.